The van der Waals surface area contributed by atoms with Gasteiger partial charge in [0.05, 0.1) is 11.5 Å². The number of alkyl halides is 2. The lowest BCUT2D eigenvalue weighted by atomic mass is 10.1. The van der Waals surface area contributed by atoms with Gasteiger partial charge in [0.15, 0.2) is 12.3 Å². The summed E-state index contributed by atoms with van der Waals surface area (Å²) in [6.45, 7) is -0.844. The molecule has 1 aromatic heterocycles. The maximum atomic E-state index is 13.8. The summed E-state index contributed by atoms with van der Waals surface area (Å²) in [5.74, 6) is -4.89. The maximum absolute atomic E-state index is 13.8. The zero-order valence-corrected chi connectivity index (χ0v) is 10.3. The van der Waals surface area contributed by atoms with Gasteiger partial charge in [0.2, 0.25) is 11.6 Å². The molecule has 0 saturated carbocycles. The van der Waals surface area contributed by atoms with E-state index < -0.39 is 53.2 Å². The Bertz CT molecular complexity index is 559. The molecule has 0 aliphatic carbocycles. The molecular formula is C9H11F2N5O5. The van der Waals surface area contributed by atoms with Gasteiger partial charge >= 0.3 is 11.6 Å². The molecule has 0 spiro atoms. The van der Waals surface area contributed by atoms with E-state index in [0.717, 1.165) is 6.33 Å². The SMILES string of the molecule is Nc1ncnc(NC2OC(CO)C(O)C2(F)F)c1[N+](=O)[O-]. The van der Waals surface area contributed by atoms with Crippen molar-refractivity contribution in [2.24, 2.45) is 0 Å². The average molecular weight is 307 g/mol. The molecule has 5 N–H and O–H groups in total. The Labute approximate surface area is 115 Å². The molecule has 0 amide bonds. The summed E-state index contributed by atoms with van der Waals surface area (Å²) in [6.07, 6.45) is -5.07. The van der Waals surface area contributed by atoms with Gasteiger partial charge in [-0.05, 0) is 0 Å². The smallest absolute Gasteiger partial charge is 0.353 e. The van der Waals surface area contributed by atoms with Gasteiger partial charge in [0, 0.05) is 0 Å². The minimum absolute atomic E-state index is 0.516. The van der Waals surface area contributed by atoms with E-state index in [2.05, 4.69) is 9.97 Å². The van der Waals surface area contributed by atoms with Crippen molar-refractivity contribution < 1.29 is 28.7 Å². The van der Waals surface area contributed by atoms with Gasteiger partial charge in [0.25, 0.3) is 0 Å². The number of nitro groups is 1. The second-order valence-electron chi connectivity index (χ2n) is 4.21. The summed E-state index contributed by atoms with van der Waals surface area (Å²) in [6, 6.07) is 0. The van der Waals surface area contributed by atoms with Gasteiger partial charge in [0.1, 0.15) is 12.4 Å². The fraction of sp³-hybridized carbons (Fsp3) is 0.556. The Hall–Kier alpha value is -2.18. The van der Waals surface area contributed by atoms with Crippen LogP contribution >= 0.6 is 0 Å². The number of nitrogens with two attached hydrogens (primary N) is 1. The Morgan fingerprint density at radius 1 is 1.57 bits per heavy atom. The lowest BCUT2D eigenvalue weighted by molar-refractivity contribution is -0.383. The van der Waals surface area contributed by atoms with Crippen LogP contribution in [0.25, 0.3) is 0 Å². The van der Waals surface area contributed by atoms with Gasteiger partial charge < -0.3 is 26.0 Å². The van der Waals surface area contributed by atoms with E-state index in [1.54, 1.807) is 0 Å². The van der Waals surface area contributed by atoms with Crippen molar-refractivity contribution in [1.29, 1.82) is 0 Å². The molecule has 12 heteroatoms. The van der Waals surface area contributed by atoms with E-state index in [9.17, 15) is 24.0 Å². The van der Waals surface area contributed by atoms with Gasteiger partial charge in [-0.3, -0.25) is 10.1 Å². The van der Waals surface area contributed by atoms with E-state index in [-0.39, 0.29) is 0 Å². The minimum Gasteiger partial charge on any atom is -0.394 e. The fourth-order valence-electron chi connectivity index (χ4n) is 1.82. The molecule has 2 rings (SSSR count). The lowest BCUT2D eigenvalue weighted by Crippen LogP contribution is -2.43. The standard InChI is InChI=1S/C9H11F2N5O5/c10-9(11)5(18)3(1-17)21-8(9)15-7-4(16(19)20)6(12)13-2-14-7/h2-3,5,8,17-18H,1H2,(H3,12,13,14,15). The molecule has 10 nitrogen and oxygen atoms in total. The van der Waals surface area contributed by atoms with Gasteiger partial charge in [-0.15, -0.1) is 0 Å². The summed E-state index contributed by atoms with van der Waals surface area (Å²) in [4.78, 5) is 16.8. The summed E-state index contributed by atoms with van der Waals surface area (Å²) in [5.41, 5.74) is 4.50. The molecule has 21 heavy (non-hydrogen) atoms. The number of nitrogens with zero attached hydrogens (tertiary/aromatic N) is 3. The first-order valence-corrected chi connectivity index (χ1v) is 5.62. The number of aliphatic hydroxyl groups excluding tert-OH is 2. The van der Waals surface area contributed by atoms with Crippen LogP contribution in [-0.2, 0) is 4.74 Å². The van der Waals surface area contributed by atoms with Gasteiger partial charge in [-0.2, -0.15) is 8.78 Å². The zero-order chi connectivity index (χ0) is 15.8. The van der Waals surface area contributed by atoms with E-state index in [4.69, 9.17) is 15.6 Å². The molecule has 0 bridgehead atoms. The predicted octanol–water partition coefficient (Wildman–Crippen LogP) is -0.908. The van der Waals surface area contributed by atoms with Crippen molar-refractivity contribution in [2.45, 2.75) is 24.4 Å². The van der Waals surface area contributed by atoms with Crippen LogP contribution in [0.15, 0.2) is 6.33 Å². The third-order valence-corrected chi connectivity index (χ3v) is 2.89. The number of rotatable bonds is 4. The molecule has 3 atom stereocenters. The number of aromatic nitrogens is 2. The molecule has 3 unspecified atom stereocenters. The van der Waals surface area contributed by atoms with E-state index in [1.807, 2.05) is 5.32 Å². The van der Waals surface area contributed by atoms with E-state index in [1.165, 1.54) is 0 Å². The van der Waals surface area contributed by atoms with Crippen LogP contribution < -0.4 is 11.1 Å². The first kappa shape index (κ1) is 15.2. The van der Waals surface area contributed by atoms with Crippen LogP contribution in [0.1, 0.15) is 0 Å². The summed E-state index contributed by atoms with van der Waals surface area (Å²) in [7, 11) is 0. The Morgan fingerprint density at radius 2 is 2.24 bits per heavy atom. The largest absolute Gasteiger partial charge is 0.394 e. The normalized spacial score (nSPS) is 27.5. The van der Waals surface area contributed by atoms with Crippen molar-refractivity contribution in [1.82, 2.24) is 9.97 Å². The molecular weight excluding hydrogens is 296 g/mol. The summed E-state index contributed by atoms with van der Waals surface area (Å²) >= 11 is 0. The first-order valence-electron chi connectivity index (χ1n) is 5.62. The molecule has 2 heterocycles. The highest BCUT2D eigenvalue weighted by Gasteiger charge is 2.58. The molecule has 0 aromatic carbocycles. The van der Waals surface area contributed by atoms with E-state index in [0.29, 0.717) is 0 Å². The number of nitrogens with one attached hydrogen (secondary N) is 1. The topological polar surface area (TPSA) is 157 Å². The second kappa shape index (κ2) is 5.31. The molecule has 1 aliphatic rings. The highest BCUT2D eigenvalue weighted by Crippen LogP contribution is 2.38. The van der Waals surface area contributed by atoms with Crippen molar-refractivity contribution in [3.63, 3.8) is 0 Å². The molecule has 1 aliphatic heterocycles. The first-order chi connectivity index (χ1) is 9.78. The Morgan fingerprint density at radius 3 is 2.76 bits per heavy atom. The van der Waals surface area contributed by atoms with Crippen molar-refractivity contribution in [3.05, 3.63) is 16.4 Å². The van der Waals surface area contributed by atoms with Crippen molar-refractivity contribution in [3.8, 4) is 0 Å². The minimum atomic E-state index is -3.79. The number of halogens is 2. The lowest BCUT2D eigenvalue weighted by Gasteiger charge is -2.20. The van der Waals surface area contributed by atoms with Crippen LogP contribution in [0.4, 0.5) is 26.1 Å². The third-order valence-electron chi connectivity index (χ3n) is 2.89. The number of hydrogen-bond donors (Lipinski definition) is 4. The zero-order valence-electron chi connectivity index (χ0n) is 10.3. The Kier molecular flexibility index (Phi) is 3.85. The number of ether oxygens (including phenoxy) is 1. The van der Waals surface area contributed by atoms with Crippen molar-refractivity contribution >= 4 is 17.3 Å². The third kappa shape index (κ3) is 2.55. The molecule has 1 saturated heterocycles. The quantitative estimate of drug-likeness (QED) is 0.408. The van der Waals surface area contributed by atoms with Crippen LogP contribution in [-0.4, -0.2) is 56.1 Å². The number of anilines is 2. The van der Waals surface area contributed by atoms with E-state index >= 15 is 0 Å². The highest BCUT2D eigenvalue weighted by molar-refractivity contribution is 5.67. The summed E-state index contributed by atoms with van der Waals surface area (Å²) in [5, 5.41) is 31.0. The average Bonchev–Trinajstić information content (AvgIpc) is 2.62. The van der Waals surface area contributed by atoms with Crippen LogP contribution in [0, 0.1) is 10.1 Å². The maximum Gasteiger partial charge on any atom is 0.353 e. The molecule has 116 valence electrons. The monoisotopic (exact) mass is 307 g/mol. The van der Waals surface area contributed by atoms with Crippen LogP contribution in [0.2, 0.25) is 0 Å². The second-order valence-corrected chi connectivity index (χ2v) is 4.21. The van der Waals surface area contributed by atoms with Gasteiger partial charge in [-0.25, -0.2) is 9.97 Å². The predicted molar refractivity (Wildman–Crippen MR) is 63.4 cm³/mol. The molecule has 1 fully saturated rings. The fourth-order valence-corrected chi connectivity index (χ4v) is 1.82. The number of nitrogen functional groups attached to an aromatic ring is 1. The van der Waals surface area contributed by atoms with Crippen LogP contribution in [0.5, 0.6) is 0 Å². The summed E-state index contributed by atoms with van der Waals surface area (Å²) < 4.78 is 32.3. The van der Waals surface area contributed by atoms with Gasteiger partial charge in [-0.1, -0.05) is 0 Å². The Balaban J connectivity index is 2.31. The molecule has 1 aromatic rings. The molecule has 0 radical (unpaired) electrons. The number of aliphatic hydroxyl groups is 2. The number of hydrogen-bond acceptors (Lipinski definition) is 9. The highest BCUT2D eigenvalue weighted by atomic mass is 19.3. The van der Waals surface area contributed by atoms with Crippen LogP contribution in [0.3, 0.4) is 0 Å². The van der Waals surface area contributed by atoms with Crippen molar-refractivity contribution in [2.75, 3.05) is 17.7 Å².